The van der Waals surface area contributed by atoms with Gasteiger partial charge in [-0.15, -0.1) is 0 Å². The molecule has 0 aliphatic heterocycles. The lowest BCUT2D eigenvalue weighted by Crippen LogP contribution is -2.41. The monoisotopic (exact) mass is 281 g/mol. The van der Waals surface area contributed by atoms with Crippen molar-refractivity contribution in [1.29, 1.82) is 0 Å². The van der Waals surface area contributed by atoms with Gasteiger partial charge in [0.1, 0.15) is 0 Å². The fourth-order valence-electron chi connectivity index (χ4n) is 4.51. The molecule has 2 saturated carbocycles. The fraction of sp³-hybridized carbons (Fsp3) is 0.941. The van der Waals surface area contributed by atoms with Gasteiger partial charge in [-0.2, -0.15) is 0 Å². The maximum absolute atomic E-state index is 12.1. The molecule has 1 amide bonds. The predicted molar refractivity (Wildman–Crippen MR) is 81.3 cm³/mol. The molecule has 0 saturated heterocycles. The molecule has 0 bridgehead atoms. The largest absolute Gasteiger partial charge is 0.388 e. The molecule has 0 spiro atoms. The highest BCUT2D eigenvalue weighted by molar-refractivity contribution is 5.76. The molecular formula is C17H31NO2. The number of carbonyl (C=O) groups excluding carboxylic acids is 1. The molecule has 2 fully saturated rings. The van der Waals surface area contributed by atoms with Crippen LogP contribution in [0.25, 0.3) is 0 Å². The quantitative estimate of drug-likeness (QED) is 0.831. The average molecular weight is 281 g/mol. The van der Waals surface area contributed by atoms with Crippen molar-refractivity contribution in [3.05, 3.63) is 0 Å². The van der Waals surface area contributed by atoms with Gasteiger partial charge in [-0.1, -0.05) is 33.6 Å². The second-order valence-corrected chi connectivity index (χ2v) is 8.19. The molecule has 0 radical (unpaired) electrons. The van der Waals surface area contributed by atoms with Crippen LogP contribution in [0, 0.1) is 17.3 Å². The predicted octanol–water partition coefficient (Wildman–Crippen LogP) is 3.26. The van der Waals surface area contributed by atoms with Gasteiger partial charge in [-0.05, 0) is 49.4 Å². The summed E-state index contributed by atoms with van der Waals surface area (Å²) in [5.41, 5.74) is -0.263. The van der Waals surface area contributed by atoms with E-state index >= 15 is 0 Å². The van der Waals surface area contributed by atoms with Crippen LogP contribution in [0.3, 0.4) is 0 Å². The Morgan fingerprint density at radius 2 is 1.90 bits per heavy atom. The molecule has 116 valence electrons. The third kappa shape index (κ3) is 4.47. The minimum Gasteiger partial charge on any atom is -0.388 e. The van der Waals surface area contributed by atoms with Crippen LogP contribution in [0.1, 0.15) is 72.1 Å². The number of rotatable bonds is 4. The number of nitrogens with one attached hydrogen (secondary N) is 1. The van der Waals surface area contributed by atoms with Crippen LogP contribution in [0.15, 0.2) is 0 Å². The van der Waals surface area contributed by atoms with Gasteiger partial charge in [0.2, 0.25) is 5.91 Å². The molecule has 0 aromatic rings. The maximum Gasteiger partial charge on any atom is 0.220 e. The molecule has 2 N–H and O–H groups in total. The van der Waals surface area contributed by atoms with Crippen molar-refractivity contribution in [2.75, 3.05) is 6.54 Å². The summed E-state index contributed by atoms with van der Waals surface area (Å²) in [5.74, 6) is 1.35. The van der Waals surface area contributed by atoms with Crippen molar-refractivity contribution in [1.82, 2.24) is 5.32 Å². The molecule has 0 aromatic carbocycles. The Hall–Kier alpha value is -0.570. The van der Waals surface area contributed by atoms with Gasteiger partial charge in [0, 0.05) is 13.0 Å². The zero-order valence-corrected chi connectivity index (χ0v) is 13.4. The first-order valence-electron chi connectivity index (χ1n) is 8.27. The summed E-state index contributed by atoms with van der Waals surface area (Å²) in [4.78, 5) is 12.1. The Bertz CT molecular complexity index is 345. The molecule has 0 unspecified atom stereocenters. The molecule has 0 heterocycles. The van der Waals surface area contributed by atoms with Crippen molar-refractivity contribution in [2.45, 2.75) is 77.7 Å². The lowest BCUT2D eigenvalue weighted by Gasteiger charge is -2.39. The Balaban J connectivity index is 1.76. The van der Waals surface area contributed by atoms with Gasteiger partial charge in [-0.3, -0.25) is 4.79 Å². The van der Waals surface area contributed by atoms with E-state index in [1.165, 1.54) is 12.8 Å². The second-order valence-electron chi connectivity index (χ2n) is 8.19. The van der Waals surface area contributed by atoms with E-state index in [-0.39, 0.29) is 5.91 Å². The smallest absolute Gasteiger partial charge is 0.220 e. The topological polar surface area (TPSA) is 49.3 Å². The van der Waals surface area contributed by atoms with Crippen LogP contribution >= 0.6 is 0 Å². The third-order valence-corrected chi connectivity index (χ3v) is 5.10. The normalized spacial score (nSPS) is 32.0. The van der Waals surface area contributed by atoms with Gasteiger partial charge >= 0.3 is 0 Å². The highest BCUT2D eigenvalue weighted by atomic mass is 16.3. The van der Waals surface area contributed by atoms with E-state index in [2.05, 4.69) is 26.1 Å². The van der Waals surface area contributed by atoms with Gasteiger partial charge < -0.3 is 10.4 Å². The fourth-order valence-corrected chi connectivity index (χ4v) is 4.51. The Kier molecular flexibility index (Phi) is 4.78. The van der Waals surface area contributed by atoms with Crippen LogP contribution in [0.4, 0.5) is 0 Å². The zero-order chi connectivity index (χ0) is 14.8. The number of carbonyl (C=O) groups is 1. The lowest BCUT2D eigenvalue weighted by atomic mass is 9.67. The number of hydrogen-bond acceptors (Lipinski definition) is 2. The van der Waals surface area contributed by atoms with E-state index in [4.69, 9.17) is 0 Å². The van der Waals surface area contributed by atoms with Gasteiger partial charge in [0.25, 0.3) is 0 Å². The van der Waals surface area contributed by atoms with Crippen LogP contribution in [0.5, 0.6) is 0 Å². The molecular weight excluding hydrogens is 250 g/mol. The lowest BCUT2D eigenvalue weighted by molar-refractivity contribution is -0.123. The first-order valence-corrected chi connectivity index (χ1v) is 8.27. The van der Waals surface area contributed by atoms with Crippen molar-refractivity contribution in [2.24, 2.45) is 17.3 Å². The molecule has 20 heavy (non-hydrogen) atoms. The van der Waals surface area contributed by atoms with E-state index in [1.54, 1.807) is 0 Å². The van der Waals surface area contributed by atoms with Crippen LogP contribution in [0.2, 0.25) is 0 Å². The number of aliphatic hydroxyl groups is 1. The molecule has 2 aliphatic rings. The number of amides is 1. The van der Waals surface area contributed by atoms with Crippen molar-refractivity contribution < 1.29 is 9.90 Å². The first-order chi connectivity index (χ1) is 9.28. The van der Waals surface area contributed by atoms with Gasteiger partial charge in [0.15, 0.2) is 0 Å². The van der Waals surface area contributed by atoms with Crippen LogP contribution < -0.4 is 5.32 Å². The second kappa shape index (κ2) is 6.05. The van der Waals surface area contributed by atoms with E-state index in [1.807, 2.05) is 0 Å². The molecule has 2 atom stereocenters. The van der Waals surface area contributed by atoms with Crippen molar-refractivity contribution in [3.63, 3.8) is 0 Å². The standard InChI is InChI=1S/C17H31NO2/c1-13-8-14(11-16(2,3)10-13)9-15(19)18-12-17(20)6-4-5-7-17/h13-14,20H,4-12H2,1-3H3,(H,18,19)/t13-,14-/m0/s1. The minimum atomic E-state index is -0.630. The van der Waals surface area contributed by atoms with E-state index in [0.29, 0.717) is 24.3 Å². The summed E-state index contributed by atoms with van der Waals surface area (Å²) in [6, 6.07) is 0. The molecule has 3 heteroatoms. The molecule has 2 aliphatic carbocycles. The first kappa shape index (κ1) is 15.8. The molecule has 0 aromatic heterocycles. The minimum absolute atomic E-state index is 0.125. The summed E-state index contributed by atoms with van der Waals surface area (Å²) in [6.07, 6.45) is 8.05. The highest BCUT2D eigenvalue weighted by Crippen LogP contribution is 2.42. The Morgan fingerprint density at radius 3 is 2.50 bits per heavy atom. The Labute approximate surface area is 123 Å². The SMILES string of the molecule is C[C@H]1C[C@@H](CC(=O)NCC2(O)CCCC2)CC(C)(C)C1. The third-order valence-electron chi connectivity index (χ3n) is 5.10. The summed E-state index contributed by atoms with van der Waals surface area (Å²) < 4.78 is 0. The van der Waals surface area contributed by atoms with Crippen molar-refractivity contribution >= 4 is 5.91 Å². The molecule has 3 nitrogen and oxygen atoms in total. The maximum atomic E-state index is 12.1. The average Bonchev–Trinajstić information content (AvgIpc) is 2.71. The van der Waals surface area contributed by atoms with E-state index in [9.17, 15) is 9.90 Å². The van der Waals surface area contributed by atoms with Crippen molar-refractivity contribution in [3.8, 4) is 0 Å². The highest BCUT2D eigenvalue weighted by Gasteiger charge is 2.34. The van der Waals surface area contributed by atoms with E-state index in [0.717, 1.165) is 38.0 Å². The van der Waals surface area contributed by atoms with E-state index < -0.39 is 5.60 Å². The number of hydrogen-bond donors (Lipinski definition) is 2. The van der Waals surface area contributed by atoms with Crippen LogP contribution in [-0.2, 0) is 4.79 Å². The summed E-state index contributed by atoms with van der Waals surface area (Å²) >= 11 is 0. The van der Waals surface area contributed by atoms with Crippen LogP contribution in [-0.4, -0.2) is 23.2 Å². The summed E-state index contributed by atoms with van der Waals surface area (Å²) in [5, 5.41) is 13.2. The molecule has 2 rings (SSSR count). The summed E-state index contributed by atoms with van der Waals surface area (Å²) in [7, 11) is 0. The Morgan fingerprint density at radius 1 is 1.25 bits per heavy atom. The summed E-state index contributed by atoms with van der Waals surface area (Å²) in [6.45, 7) is 7.37. The van der Waals surface area contributed by atoms with Gasteiger partial charge in [-0.25, -0.2) is 0 Å². The van der Waals surface area contributed by atoms with Gasteiger partial charge in [0.05, 0.1) is 5.60 Å². The zero-order valence-electron chi connectivity index (χ0n) is 13.4.